The van der Waals surface area contributed by atoms with Crippen molar-refractivity contribution < 1.29 is 9.53 Å². The molecule has 2 aromatic rings. The molecule has 0 saturated heterocycles. The molecule has 1 aromatic heterocycles. The van der Waals surface area contributed by atoms with Gasteiger partial charge >= 0.3 is 0 Å². The van der Waals surface area contributed by atoms with Crippen molar-refractivity contribution in [3.63, 3.8) is 0 Å². The van der Waals surface area contributed by atoms with Gasteiger partial charge in [-0.3, -0.25) is 9.59 Å². The van der Waals surface area contributed by atoms with Gasteiger partial charge in [0.1, 0.15) is 12.4 Å². The van der Waals surface area contributed by atoms with E-state index in [1.807, 2.05) is 24.3 Å². The number of likely N-dealkylation sites (N-methyl/N-ethyl adjacent to an activating group) is 1. The molecule has 0 unspecified atom stereocenters. The number of amides is 1. The van der Waals surface area contributed by atoms with Crippen LogP contribution in [0.5, 0.6) is 5.75 Å². The monoisotopic (exact) mass is 397 g/mol. The molecule has 1 amide bonds. The molecule has 0 radical (unpaired) electrons. The third-order valence-corrected chi connectivity index (χ3v) is 4.32. The van der Waals surface area contributed by atoms with Gasteiger partial charge in [0, 0.05) is 23.8 Å². The van der Waals surface area contributed by atoms with Crippen molar-refractivity contribution in [3.8, 4) is 5.75 Å². The van der Waals surface area contributed by atoms with Crippen LogP contribution >= 0.6 is 27.7 Å². The number of hydrogen-bond donors (Lipinski definition) is 1. The van der Waals surface area contributed by atoms with E-state index in [1.165, 1.54) is 24.0 Å². The quantitative estimate of drug-likeness (QED) is 0.572. The van der Waals surface area contributed by atoms with Gasteiger partial charge in [-0.15, -0.1) is 0 Å². The van der Waals surface area contributed by atoms with E-state index < -0.39 is 0 Å². The number of thioether (sulfide) groups is 1. The van der Waals surface area contributed by atoms with E-state index in [4.69, 9.17) is 4.74 Å². The van der Waals surface area contributed by atoms with Crippen molar-refractivity contribution in [2.75, 3.05) is 26.0 Å². The molecule has 23 heavy (non-hydrogen) atoms. The molecule has 0 aliphatic rings. The number of nitrogens with zero attached hydrogens (tertiary/aromatic N) is 2. The van der Waals surface area contributed by atoms with Crippen LogP contribution < -0.4 is 10.3 Å². The first-order chi connectivity index (χ1) is 11.0. The second-order valence-electron chi connectivity index (χ2n) is 4.65. The van der Waals surface area contributed by atoms with E-state index in [1.54, 1.807) is 11.9 Å². The summed E-state index contributed by atoms with van der Waals surface area (Å²) in [6, 6.07) is 8.85. The Morgan fingerprint density at radius 3 is 2.78 bits per heavy atom. The summed E-state index contributed by atoms with van der Waals surface area (Å²) in [4.78, 5) is 31.3. The minimum absolute atomic E-state index is 0.0547. The fourth-order valence-corrected chi connectivity index (χ4v) is 2.67. The lowest BCUT2D eigenvalue weighted by molar-refractivity contribution is -0.127. The van der Waals surface area contributed by atoms with Gasteiger partial charge in [-0.25, -0.2) is 4.98 Å². The summed E-state index contributed by atoms with van der Waals surface area (Å²) in [6.45, 7) is 0.892. The molecular weight excluding hydrogens is 382 g/mol. The Morgan fingerprint density at radius 2 is 2.09 bits per heavy atom. The number of rotatable bonds is 7. The Kier molecular flexibility index (Phi) is 6.66. The predicted molar refractivity (Wildman–Crippen MR) is 92.9 cm³/mol. The van der Waals surface area contributed by atoms with Crippen LogP contribution in [0.4, 0.5) is 0 Å². The van der Waals surface area contributed by atoms with Crippen LogP contribution in [0.15, 0.2) is 51.0 Å². The number of ether oxygens (including phenoxy) is 1. The third-order valence-electron chi connectivity index (χ3n) is 2.92. The number of aromatic amines is 1. The van der Waals surface area contributed by atoms with Gasteiger partial charge in [-0.1, -0.05) is 27.7 Å². The Hall–Kier alpha value is -1.80. The number of aromatic nitrogens is 2. The van der Waals surface area contributed by atoms with Crippen LogP contribution in [-0.2, 0) is 4.79 Å². The molecule has 0 fully saturated rings. The average molecular weight is 398 g/mol. The molecule has 1 aromatic carbocycles. The van der Waals surface area contributed by atoms with Gasteiger partial charge in [0.25, 0.3) is 5.56 Å². The molecule has 122 valence electrons. The normalized spacial score (nSPS) is 10.3. The Bertz CT molecular complexity index is 706. The van der Waals surface area contributed by atoms with Crippen molar-refractivity contribution in [2.45, 2.75) is 5.16 Å². The molecular formula is C15H16BrN3O3S. The van der Waals surface area contributed by atoms with Crippen LogP contribution in [-0.4, -0.2) is 46.7 Å². The number of benzene rings is 1. The molecule has 0 spiro atoms. The highest BCUT2D eigenvalue weighted by molar-refractivity contribution is 9.10. The largest absolute Gasteiger partial charge is 0.492 e. The number of halogens is 1. The maximum absolute atomic E-state index is 12.0. The second kappa shape index (κ2) is 8.73. The summed E-state index contributed by atoms with van der Waals surface area (Å²) in [5, 5.41) is 0.436. The van der Waals surface area contributed by atoms with E-state index >= 15 is 0 Å². The number of carbonyl (C=O) groups is 1. The topological polar surface area (TPSA) is 75.3 Å². The SMILES string of the molecule is CN(CCOc1ccc(Br)cc1)C(=O)CSc1nccc(=O)[nH]1. The van der Waals surface area contributed by atoms with Gasteiger partial charge in [-0.05, 0) is 24.3 Å². The molecule has 1 heterocycles. The summed E-state index contributed by atoms with van der Waals surface area (Å²) < 4.78 is 6.57. The van der Waals surface area contributed by atoms with Gasteiger partial charge in [-0.2, -0.15) is 0 Å². The van der Waals surface area contributed by atoms with Crippen LogP contribution in [0.2, 0.25) is 0 Å². The van der Waals surface area contributed by atoms with Crippen LogP contribution in [0.25, 0.3) is 0 Å². The van der Waals surface area contributed by atoms with E-state index in [2.05, 4.69) is 25.9 Å². The van der Waals surface area contributed by atoms with Crippen molar-refractivity contribution in [2.24, 2.45) is 0 Å². The molecule has 2 rings (SSSR count). The molecule has 6 nitrogen and oxygen atoms in total. The molecule has 0 aliphatic heterocycles. The molecule has 0 aliphatic carbocycles. The lowest BCUT2D eigenvalue weighted by atomic mass is 10.3. The van der Waals surface area contributed by atoms with Gasteiger partial charge in [0.05, 0.1) is 12.3 Å². The minimum Gasteiger partial charge on any atom is -0.492 e. The lowest BCUT2D eigenvalue weighted by Crippen LogP contribution is -2.32. The molecule has 0 saturated carbocycles. The predicted octanol–water partition coefficient (Wildman–Crippen LogP) is 2.16. The standard InChI is InChI=1S/C15H16BrN3O3S/c1-19(8-9-22-12-4-2-11(16)3-5-12)14(21)10-23-15-17-7-6-13(20)18-15/h2-7H,8-10H2,1H3,(H,17,18,20). The average Bonchev–Trinajstić information content (AvgIpc) is 2.54. The first-order valence-electron chi connectivity index (χ1n) is 6.85. The first kappa shape index (κ1) is 17.6. The minimum atomic E-state index is -0.230. The van der Waals surface area contributed by atoms with Crippen LogP contribution in [0.3, 0.4) is 0 Å². The van der Waals surface area contributed by atoms with E-state index in [-0.39, 0.29) is 17.2 Å². The van der Waals surface area contributed by atoms with Gasteiger partial charge < -0.3 is 14.6 Å². The Labute approximate surface area is 146 Å². The molecule has 1 N–H and O–H groups in total. The molecule has 8 heteroatoms. The highest BCUT2D eigenvalue weighted by Crippen LogP contribution is 2.16. The summed E-state index contributed by atoms with van der Waals surface area (Å²) in [6.07, 6.45) is 1.42. The maximum atomic E-state index is 12.0. The van der Waals surface area contributed by atoms with Crippen LogP contribution in [0.1, 0.15) is 0 Å². The third kappa shape index (κ3) is 6.07. The lowest BCUT2D eigenvalue weighted by Gasteiger charge is -2.17. The summed E-state index contributed by atoms with van der Waals surface area (Å²) in [7, 11) is 1.72. The summed E-state index contributed by atoms with van der Waals surface area (Å²) in [5.41, 5.74) is -0.230. The highest BCUT2D eigenvalue weighted by Gasteiger charge is 2.10. The van der Waals surface area contributed by atoms with Crippen molar-refractivity contribution in [1.29, 1.82) is 0 Å². The Morgan fingerprint density at radius 1 is 1.35 bits per heavy atom. The number of carbonyl (C=O) groups excluding carboxylic acids is 1. The van der Waals surface area contributed by atoms with Crippen molar-refractivity contribution >= 4 is 33.6 Å². The van der Waals surface area contributed by atoms with Crippen LogP contribution in [0, 0.1) is 0 Å². The summed E-state index contributed by atoms with van der Waals surface area (Å²) >= 11 is 4.56. The zero-order valence-corrected chi connectivity index (χ0v) is 14.9. The Balaban J connectivity index is 1.72. The van der Waals surface area contributed by atoms with Crippen molar-refractivity contribution in [3.05, 3.63) is 51.4 Å². The van der Waals surface area contributed by atoms with Gasteiger partial charge in [0.2, 0.25) is 5.91 Å². The van der Waals surface area contributed by atoms with Crippen molar-refractivity contribution in [1.82, 2.24) is 14.9 Å². The number of hydrogen-bond acceptors (Lipinski definition) is 5. The molecule has 0 bridgehead atoms. The first-order valence-corrected chi connectivity index (χ1v) is 8.63. The fraction of sp³-hybridized carbons (Fsp3) is 0.267. The zero-order valence-electron chi connectivity index (χ0n) is 12.5. The molecule has 0 atom stereocenters. The smallest absolute Gasteiger partial charge is 0.251 e. The zero-order chi connectivity index (χ0) is 16.7. The fourth-order valence-electron chi connectivity index (χ4n) is 1.62. The summed E-state index contributed by atoms with van der Waals surface area (Å²) in [5.74, 6) is 0.914. The van der Waals surface area contributed by atoms with E-state index in [0.717, 1.165) is 10.2 Å². The number of nitrogens with one attached hydrogen (secondary N) is 1. The number of H-pyrrole nitrogens is 1. The van der Waals surface area contributed by atoms with Gasteiger partial charge in [0.15, 0.2) is 5.16 Å². The highest BCUT2D eigenvalue weighted by atomic mass is 79.9. The van der Waals surface area contributed by atoms with E-state index in [0.29, 0.717) is 18.3 Å². The second-order valence-corrected chi connectivity index (χ2v) is 6.53. The van der Waals surface area contributed by atoms with E-state index in [9.17, 15) is 9.59 Å². The maximum Gasteiger partial charge on any atom is 0.251 e.